The van der Waals surface area contributed by atoms with Gasteiger partial charge in [0.15, 0.2) is 16.4 Å². The molecule has 2 fully saturated rings. The monoisotopic (exact) mass is 429 g/mol. The molecule has 1 aliphatic carbocycles. The van der Waals surface area contributed by atoms with Crippen molar-refractivity contribution < 1.29 is 27.9 Å². The van der Waals surface area contributed by atoms with Crippen molar-refractivity contribution in [2.45, 2.75) is 50.6 Å². The van der Waals surface area contributed by atoms with Crippen LogP contribution >= 0.6 is 11.6 Å². The molecule has 0 spiro atoms. The summed E-state index contributed by atoms with van der Waals surface area (Å²) in [6.45, 7) is -0.502. The summed E-state index contributed by atoms with van der Waals surface area (Å²) in [6.07, 6.45) is 5.14. The van der Waals surface area contributed by atoms with Crippen LogP contribution in [0.15, 0.2) is 18.2 Å². The van der Waals surface area contributed by atoms with Crippen LogP contribution in [0.2, 0.25) is 5.02 Å². The fourth-order valence-corrected chi connectivity index (χ4v) is 5.89. The van der Waals surface area contributed by atoms with Gasteiger partial charge in [-0.15, -0.1) is 0 Å². The highest BCUT2D eigenvalue weighted by molar-refractivity contribution is 7.91. The van der Waals surface area contributed by atoms with E-state index in [1.165, 1.54) is 18.2 Å². The molecule has 0 aromatic heterocycles. The third kappa shape index (κ3) is 4.97. The molecule has 1 atom stereocenters. The lowest BCUT2D eigenvalue weighted by atomic mass is 9.93. The number of carbonyl (C=O) groups excluding carboxylic acids is 2. The summed E-state index contributed by atoms with van der Waals surface area (Å²) < 4.78 is 28.9. The molecule has 1 aliphatic heterocycles. The van der Waals surface area contributed by atoms with Crippen LogP contribution in [0.25, 0.3) is 0 Å². The van der Waals surface area contributed by atoms with Crippen LogP contribution in [0.1, 0.15) is 48.9 Å². The number of carbonyl (C=O) groups is 2. The number of ether oxygens (including phenoxy) is 1. The molecule has 1 aromatic carbocycles. The first kappa shape index (κ1) is 20.9. The van der Waals surface area contributed by atoms with E-state index in [4.69, 9.17) is 16.3 Å². The third-order valence-corrected chi connectivity index (χ3v) is 7.35. The summed E-state index contributed by atoms with van der Waals surface area (Å²) >= 11 is 5.84. The first-order valence-corrected chi connectivity index (χ1v) is 11.6. The molecule has 1 N–H and O–H groups in total. The Morgan fingerprint density at radius 1 is 1.14 bits per heavy atom. The van der Waals surface area contributed by atoms with Crippen molar-refractivity contribution in [2.24, 2.45) is 0 Å². The number of halogens is 1. The van der Waals surface area contributed by atoms with Crippen molar-refractivity contribution in [3.8, 4) is 5.75 Å². The highest BCUT2D eigenvalue weighted by atomic mass is 35.5. The summed E-state index contributed by atoms with van der Waals surface area (Å²) in [5.74, 6) is -1.50. The van der Waals surface area contributed by atoms with E-state index in [1.807, 2.05) is 0 Å². The van der Waals surface area contributed by atoms with Crippen LogP contribution in [0.5, 0.6) is 5.75 Å². The molecule has 0 unspecified atom stereocenters. The van der Waals surface area contributed by atoms with Crippen LogP contribution in [0, 0.1) is 0 Å². The smallest absolute Gasteiger partial charge is 0.342 e. The second kappa shape index (κ2) is 8.69. The molecule has 1 heterocycles. The van der Waals surface area contributed by atoms with E-state index >= 15 is 0 Å². The van der Waals surface area contributed by atoms with Crippen LogP contribution < -0.4 is 0 Å². The summed E-state index contributed by atoms with van der Waals surface area (Å²) in [4.78, 5) is 26.8. The Labute approximate surface area is 169 Å². The van der Waals surface area contributed by atoms with E-state index in [2.05, 4.69) is 0 Å². The van der Waals surface area contributed by atoms with Crippen LogP contribution in [0.3, 0.4) is 0 Å². The van der Waals surface area contributed by atoms with Crippen molar-refractivity contribution in [1.29, 1.82) is 0 Å². The molecule has 0 radical (unpaired) electrons. The highest BCUT2D eigenvalue weighted by Crippen LogP contribution is 2.29. The number of phenols is 1. The van der Waals surface area contributed by atoms with Crippen LogP contribution in [-0.4, -0.2) is 60.5 Å². The maximum atomic E-state index is 12.9. The van der Waals surface area contributed by atoms with Crippen molar-refractivity contribution in [2.75, 3.05) is 18.1 Å². The summed E-state index contributed by atoms with van der Waals surface area (Å²) in [6, 6.07) is 3.58. The minimum Gasteiger partial charge on any atom is -0.507 e. The van der Waals surface area contributed by atoms with Gasteiger partial charge in [-0.3, -0.25) is 4.79 Å². The van der Waals surface area contributed by atoms with Crippen molar-refractivity contribution >= 4 is 33.3 Å². The Kier molecular flexibility index (Phi) is 6.50. The number of phenolic OH excluding ortho intramolecular Hbond substituents is 1. The minimum atomic E-state index is -3.15. The van der Waals surface area contributed by atoms with Crippen molar-refractivity contribution in [3.63, 3.8) is 0 Å². The lowest BCUT2D eigenvalue weighted by Crippen LogP contribution is -2.50. The number of amides is 1. The van der Waals surface area contributed by atoms with Gasteiger partial charge in [0.05, 0.1) is 11.5 Å². The lowest BCUT2D eigenvalue weighted by molar-refractivity contribution is -0.140. The van der Waals surface area contributed by atoms with Gasteiger partial charge in [-0.1, -0.05) is 30.9 Å². The van der Waals surface area contributed by atoms with Gasteiger partial charge in [-0.25, -0.2) is 13.2 Å². The quantitative estimate of drug-likeness (QED) is 0.722. The van der Waals surface area contributed by atoms with Crippen molar-refractivity contribution in [3.05, 3.63) is 28.8 Å². The first-order valence-electron chi connectivity index (χ1n) is 9.44. The van der Waals surface area contributed by atoms with E-state index < -0.39 is 28.3 Å². The summed E-state index contributed by atoms with van der Waals surface area (Å²) in [7, 11) is -3.15. The van der Waals surface area contributed by atoms with E-state index in [0.717, 1.165) is 32.1 Å². The van der Waals surface area contributed by atoms with Crippen LogP contribution in [0.4, 0.5) is 0 Å². The average molecular weight is 430 g/mol. The topological polar surface area (TPSA) is 101 Å². The van der Waals surface area contributed by atoms with Gasteiger partial charge in [0.2, 0.25) is 0 Å². The number of sulfone groups is 1. The summed E-state index contributed by atoms with van der Waals surface area (Å²) in [5, 5.41) is 10.1. The van der Waals surface area contributed by atoms with Gasteiger partial charge < -0.3 is 14.7 Å². The fraction of sp³-hybridized carbons (Fsp3) is 0.579. The molecule has 1 amide bonds. The van der Waals surface area contributed by atoms with E-state index in [-0.39, 0.29) is 39.9 Å². The SMILES string of the molecule is O=C(OCC(=O)N(C1CCCCC1)[C@@H]1CCS(=O)(=O)C1)c1cc(Cl)ccc1O. The molecular formula is C19H24ClNO6S. The second-order valence-corrected chi connectivity index (χ2v) is 10.1. The Morgan fingerprint density at radius 3 is 2.50 bits per heavy atom. The predicted molar refractivity (Wildman–Crippen MR) is 104 cm³/mol. The molecule has 1 saturated heterocycles. The number of hydrogen-bond donors (Lipinski definition) is 1. The standard InChI is InChI=1S/C19H24ClNO6S/c20-13-6-7-17(22)16(10-13)19(24)27-11-18(23)21(14-4-2-1-3-5-14)15-8-9-28(25,26)12-15/h6-7,10,14-15,22H,1-5,8-9,11-12H2/t15-/m1/s1. The normalized spacial score (nSPS) is 22.0. The van der Waals surface area contributed by atoms with Gasteiger partial charge >= 0.3 is 5.97 Å². The number of aromatic hydroxyl groups is 1. The number of nitrogens with zero attached hydrogens (tertiary/aromatic N) is 1. The third-order valence-electron chi connectivity index (χ3n) is 5.36. The molecular weight excluding hydrogens is 406 g/mol. The molecule has 154 valence electrons. The zero-order valence-electron chi connectivity index (χ0n) is 15.5. The molecule has 28 heavy (non-hydrogen) atoms. The van der Waals surface area contributed by atoms with E-state index in [0.29, 0.717) is 6.42 Å². The Bertz CT molecular complexity index is 850. The van der Waals surface area contributed by atoms with E-state index in [1.54, 1.807) is 4.90 Å². The zero-order valence-corrected chi connectivity index (χ0v) is 17.0. The molecule has 3 rings (SSSR count). The molecule has 9 heteroatoms. The molecule has 1 saturated carbocycles. The van der Waals surface area contributed by atoms with Gasteiger partial charge in [0.25, 0.3) is 5.91 Å². The number of rotatable bonds is 5. The molecule has 1 aromatic rings. The predicted octanol–water partition coefficient (Wildman–Crippen LogP) is 2.55. The maximum absolute atomic E-state index is 12.9. The zero-order chi connectivity index (χ0) is 20.3. The number of esters is 1. The second-order valence-electron chi connectivity index (χ2n) is 7.39. The summed E-state index contributed by atoms with van der Waals surface area (Å²) in [5.41, 5.74) is -0.118. The molecule has 2 aliphatic rings. The molecule has 7 nitrogen and oxygen atoms in total. The van der Waals surface area contributed by atoms with Crippen LogP contribution in [-0.2, 0) is 19.4 Å². The first-order chi connectivity index (χ1) is 13.3. The fourth-order valence-electron chi connectivity index (χ4n) is 4.01. The van der Waals surface area contributed by atoms with Crippen molar-refractivity contribution in [1.82, 2.24) is 4.90 Å². The highest BCUT2D eigenvalue weighted by Gasteiger charge is 2.38. The Morgan fingerprint density at radius 2 is 1.86 bits per heavy atom. The van der Waals surface area contributed by atoms with Gasteiger partial charge in [-0.05, 0) is 37.5 Å². The minimum absolute atomic E-state index is 0.0298. The average Bonchev–Trinajstić information content (AvgIpc) is 3.02. The molecule has 0 bridgehead atoms. The van der Waals surface area contributed by atoms with E-state index in [9.17, 15) is 23.1 Å². The number of benzene rings is 1. The van der Waals surface area contributed by atoms with Gasteiger partial charge in [-0.2, -0.15) is 0 Å². The number of hydrogen-bond acceptors (Lipinski definition) is 6. The van der Waals surface area contributed by atoms with Gasteiger partial charge in [0, 0.05) is 17.1 Å². The Balaban J connectivity index is 1.70. The van der Waals surface area contributed by atoms with Gasteiger partial charge in [0.1, 0.15) is 11.3 Å². The lowest BCUT2D eigenvalue weighted by Gasteiger charge is -2.38. The Hall–Kier alpha value is -1.80. The largest absolute Gasteiger partial charge is 0.507 e. The maximum Gasteiger partial charge on any atom is 0.342 e.